The Morgan fingerprint density at radius 3 is 2.78 bits per heavy atom. The first kappa shape index (κ1) is 6.35. The van der Waals surface area contributed by atoms with Crippen molar-refractivity contribution in [1.82, 2.24) is 0 Å². The van der Waals surface area contributed by atoms with Gasteiger partial charge in [-0.3, -0.25) is 10.2 Å². The molecule has 3 nitrogen and oxygen atoms in total. The molecule has 4 heteroatoms. The Balaban J connectivity index is 2.80. The molecule has 0 aliphatic carbocycles. The topological polar surface area (TPSA) is 66.9 Å². The maximum atomic E-state index is 10.4. The van der Waals surface area contributed by atoms with Gasteiger partial charge in [0.25, 0.3) is 5.91 Å². The van der Waals surface area contributed by atoms with Crippen LogP contribution in [0.4, 0.5) is 0 Å². The summed E-state index contributed by atoms with van der Waals surface area (Å²) in [7, 11) is 0. The molecular formula is C5H6N2OS. The van der Waals surface area contributed by atoms with E-state index >= 15 is 0 Å². The zero-order chi connectivity index (χ0) is 6.85. The van der Waals surface area contributed by atoms with Crippen LogP contribution < -0.4 is 5.73 Å². The van der Waals surface area contributed by atoms with Gasteiger partial charge in [0, 0.05) is 5.75 Å². The second kappa shape index (κ2) is 2.23. The number of nitrogens with one attached hydrogen (secondary N) is 1. The number of thioether (sulfide) groups is 1. The summed E-state index contributed by atoms with van der Waals surface area (Å²) in [6, 6.07) is 0. The van der Waals surface area contributed by atoms with Crippen LogP contribution in [0.1, 0.15) is 0 Å². The molecule has 0 aromatic heterocycles. The molecule has 0 aromatic rings. The molecule has 1 aliphatic heterocycles. The molecule has 0 saturated carbocycles. The Bertz CT molecular complexity index is 197. The van der Waals surface area contributed by atoms with Crippen LogP contribution >= 0.6 is 11.8 Å². The van der Waals surface area contributed by atoms with Gasteiger partial charge in [0.1, 0.15) is 0 Å². The van der Waals surface area contributed by atoms with Gasteiger partial charge in [-0.05, 0) is 0 Å². The van der Waals surface area contributed by atoms with Crippen molar-refractivity contribution < 1.29 is 4.79 Å². The minimum atomic E-state index is -0.495. The molecule has 48 valence electrons. The van der Waals surface area contributed by atoms with Gasteiger partial charge in [-0.15, -0.1) is 11.8 Å². The van der Waals surface area contributed by atoms with Gasteiger partial charge in [0.2, 0.25) is 0 Å². The van der Waals surface area contributed by atoms with E-state index in [2.05, 4.69) is 0 Å². The highest BCUT2D eigenvalue weighted by atomic mass is 32.2. The van der Waals surface area contributed by atoms with Crippen LogP contribution in [0.3, 0.4) is 0 Å². The lowest BCUT2D eigenvalue weighted by Gasteiger charge is -1.91. The van der Waals surface area contributed by atoms with Crippen molar-refractivity contribution in [2.75, 3.05) is 5.75 Å². The third-order valence-electron chi connectivity index (χ3n) is 1.03. The van der Waals surface area contributed by atoms with E-state index in [1.165, 1.54) is 11.8 Å². The Morgan fingerprint density at radius 1 is 1.89 bits per heavy atom. The van der Waals surface area contributed by atoms with Crippen LogP contribution in [-0.2, 0) is 4.79 Å². The summed E-state index contributed by atoms with van der Waals surface area (Å²) < 4.78 is 0. The summed E-state index contributed by atoms with van der Waals surface area (Å²) in [6.45, 7) is 0. The predicted octanol–water partition coefficient (Wildman–Crippen LogP) is 0.122. The van der Waals surface area contributed by atoms with Gasteiger partial charge in [-0.1, -0.05) is 6.08 Å². The van der Waals surface area contributed by atoms with E-state index in [0.717, 1.165) is 0 Å². The van der Waals surface area contributed by atoms with Crippen LogP contribution in [0, 0.1) is 5.41 Å². The van der Waals surface area contributed by atoms with Crippen molar-refractivity contribution in [3.63, 3.8) is 0 Å². The maximum absolute atomic E-state index is 10.4. The van der Waals surface area contributed by atoms with Crippen molar-refractivity contribution in [1.29, 1.82) is 5.41 Å². The Hall–Kier alpha value is -0.770. The molecule has 0 fully saturated rings. The van der Waals surface area contributed by atoms with Gasteiger partial charge >= 0.3 is 0 Å². The molecule has 0 unspecified atom stereocenters. The van der Waals surface area contributed by atoms with Crippen LogP contribution in [0.15, 0.2) is 11.6 Å². The molecule has 1 heterocycles. The maximum Gasteiger partial charge on any atom is 0.251 e. The van der Waals surface area contributed by atoms with Gasteiger partial charge < -0.3 is 5.73 Å². The molecule has 0 spiro atoms. The van der Waals surface area contributed by atoms with Crippen molar-refractivity contribution in [2.45, 2.75) is 0 Å². The molecule has 0 radical (unpaired) electrons. The normalized spacial score (nSPS) is 17.8. The fourth-order valence-electron chi connectivity index (χ4n) is 0.591. The van der Waals surface area contributed by atoms with Crippen LogP contribution in [0.5, 0.6) is 0 Å². The number of rotatable bonds is 1. The van der Waals surface area contributed by atoms with Gasteiger partial charge in [0.15, 0.2) is 0 Å². The summed E-state index contributed by atoms with van der Waals surface area (Å²) in [5.41, 5.74) is 5.29. The molecule has 0 aromatic carbocycles. The summed E-state index contributed by atoms with van der Waals surface area (Å²) in [4.78, 5) is 10.4. The molecule has 1 rings (SSSR count). The van der Waals surface area contributed by atoms with E-state index < -0.39 is 5.91 Å². The van der Waals surface area contributed by atoms with Crippen LogP contribution in [-0.4, -0.2) is 16.7 Å². The quantitative estimate of drug-likeness (QED) is 0.546. The highest BCUT2D eigenvalue weighted by Gasteiger charge is 2.15. The smallest absolute Gasteiger partial charge is 0.251 e. The lowest BCUT2D eigenvalue weighted by molar-refractivity contribution is -0.114. The monoisotopic (exact) mass is 142 g/mol. The lowest BCUT2D eigenvalue weighted by atomic mass is 10.3. The fraction of sp³-hybridized carbons (Fsp3) is 0.200. The van der Waals surface area contributed by atoms with Gasteiger partial charge in [0.05, 0.1) is 10.6 Å². The zero-order valence-corrected chi connectivity index (χ0v) is 5.49. The average Bonchev–Trinajstić information content (AvgIpc) is 2.13. The standard InChI is InChI=1S/C5H6N2OS/c6-4(8)3-1-2-9-5(3)7/h1,7H,2H2,(H2,6,8). The third-order valence-corrected chi connectivity index (χ3v) is 1.87. The number of amides is 1. The molecule has 3 N–H and O–H groups in total. The van der Waals surface area contributed by atoms with E-state index in [0.29, 0.717) is 16.4 Å². The number of carbonyl (C=O) groups is 1. The van der Waals surface area contributed by atoms with E-state index in [1.54, 1.807) is 6.08 Å². The second-order valence-electron chi connectivity index (χ2n) is 1.62. The third kappa shape index (κ3) is 1.13. The SMILES string of the molecule is N=C1SCC=C1C(N)=O. The van der Waals surface area contributed by atoms with Gasteiger partial charge in [-0.2, -0.15) is 0 Å². The molecule has 1 aliphatic rings. The minimum Gasteiger partial charge on any atom is -0.366 e. The summed E-state index contributed by atoms with van der Waals surface area (Å²) in [5, 5.41) is 7.42. The Morgan fingerprint density at radius 2 is 2.56 bits per heavy atom. The van der Waals surface area contributed by atoms with E-state index in [4.69, 9.17) is 11.1 Å². The molecule has 1 amide bonds. The molecule has 9 heavy (non-hydrogen) atoms. The Kier molecular flexibility index (Phi) is 1.57. The minimum absolute atomic E-state index is 0.294. The largest absolute Gasteiger partial charge is 0.366 e. The van der Waals surface area contributed by atoms with Crippen molar-refractivity contribution in [2.24, 2.45) is 5.73 Å². The fourth-order valence-corrected chi connectivity index (χ4v) is 1.35. The molecule has 0 atom stereocenters. The summed E-state index contributed by atoms with van der Waals surface area (Å²) in [6.07, 6.45) is 1.68. The first-order chi connectivity index (χ1) is 4.22. The first-order valence-corrected chi connectivity index (χ1v) is 3.42. The summed E-state index contributed by atoms with van der Waals surface area (Å²) >= 11 is 1.32. The molecule has 0 bridgehead atoms. The number of primary amides is 1. The van der Waals surface area contributed by atoms with Crippen LogP contribution in [0.25, 0.3) is 0 Å². The van der Waals surface area contributed by atoms with Gasteiger partial charge in [-0.25, -0.2) is 0 Å². The highest BCUT2D eigenvalue weighted by Crippen LogP contribution is 2.18. The average molecular weight is 142 g/mol. The zero-order valence-electron chi connectivity index (χ0n) is 4.68. The predicted molar refractivity (Wildman–Crippen MR) is 37.5 cm³/mol. The van der Waals surface area contributed by atoms with Crippen molar-refractivity contribution >= 4 is 22.7 Å². The number of nitrogens with two attached hydrogens (primary N) is 1. The molecule has 0 saturated heterocycles. The van der Waals surface area contributed by atoms with Crippen molar-refractivity contribution in [3.8, 4) is 0 Å². The second-order valence-corrected chi connectivity index (χ2v) is 2.65. The summed E-state index contributed by atoms with van der Waals surface area (Å²) in [5.74, 6) is 0.210. The van der Waals surface area contributed by atoms with E-state index in [1.807, 2.05) is 0 Å². The Labute approximate surface area is 56.8 Å². The van der Waals surface area contributed by atoms with Crippen LogP contribution in [0.2, 0.25) is 0 Å². The lowest BCUT2D eigenvalue weighted by Crippen LogP contribution is -2.16. The number of carbonyl (C=O) groups excluding carboxylic acids is 1. The number of hydrogen-bond donors (Lipinski definition) is 2. The van der Waals surface area contributed by atoms with E-state index in [-0.39, 0.29) is 0 Å². The van der Waals surface area contributed by atoms with E-state index in [9.17, 15) is 4.79 Å². The highest BCUT2D eigenvalue weighted by molar-refractivity contribution is 8.14. The van der Waals surface area contributed by atoms with Crippen molar-refractivity contribution in [3.05, 3.63) is 11.6 Å². The first-order valence-electron chi connectivity index (χ1n) is 2.43. The molecular weight excluding hydrogens is 136 g/mol. The number of hydrogen-bond acceptors (Lipinski definition) is 3.